The van der Waals surface area contributed by atoms with Gasteiger partial charge in [-0.25, -0.2) is 13.2 Å². The van der Waals surface area contributed by atoms with Gasteiger partial charge in [-0.15, -0.1) is 0 Å². The van der Waals surface area contributed by atoms with Crippen molar-refractivity contribution in [3.05, 3.63) is 35.3 Å². The molecule has 0 aromatic rings. The molecule has 0 aromatic heterocycles. The molecule has 0 bridgehead atoms. The fraction of sp³-hybridized carbons (Fsp3) is 0.619. The minimum absolute atomic E-state index is 0. The molecule has 1 rings (SSSR count). The molecule has 7 nitrogen and oxygen atoms in total. The molecule has 2 amide bonds. The fourth-order valence-corrected chi connectivity index (χ4v) is 3.17. The van der Waals surface area contributed by atoms with E-state index in [-0.39, 0.29) is 26.0 Å². The van der Waals surface area contributed by atoms with Gasteiger partial charge in [0.25, 0.3) is 0 Å². The number of nitrogens with one attached hydrogen (secondary N) is 1. The summed E-state index contributed by atoms with van der Waals surface area (Å²) in [5, 5.41) is 2.54. The van der Waals surface area contributed by atoms with Gasteiger partial charge in [-0.1, -0.05) is 64.8 Å². The molecule has 3 N–H and O–H groups in total. The van der Waals surface area contributed by atoms with Crippen LogP contribution in [0.4, 0.5) is 4.79 Å². The molecule has 0 unspecified atom stereocenters. The first-order chi connectivity index (χ1) is 13.8. The van der Waals surface area contributed by atoms with E-state index in [2.05, 4.69) is 19.2 Å². The lowest BCUT2D eigenvalue weighted by Gasteiger charge is -2.08. The molecule has 0 aliphatic heterocycles. The number of ether oxygens (including phenoxy) is 1. The van der Waals surface area contributed by atoms with Crippen LogP contribution in [0.15, 0.2) is 35.3 Å². The quantitative estimate of drug-likeness (QED) is 0.491. The molecule has 0 saturated heterocycles. The highest BCUT2D eigenvalue weighted by Gasteiger charge is 2.16. The number of hydrogen-bond acceptors (Lipinski definition) is 5. The van der Waals surface area contributed by atoms with Crippen molar-refractivity contribution in [3.63, 3.8) is 0 Å². The molecule has 29 heavy (non-hydrogen) atoms. The van der Waals surface area contributed by atoms with Crippen molar-refractivity contribution >= 4 is 21.8 Å². The SMILES string of the molecule is CC.CCC.NC(=O)CCCCCNC(=O)OCCS(=O)(=O)C1=CCC=CC=C1.[HH].[HH]. The van der Waals surface area contributed by atoms with Crippen LogP contribution in [0.1, 0.15) is 69.1 Å². The average Bonchev–Trinajstić information content (AvgIpc) is 2.96. The van der Waals surface area contributed by atoms with Gasteiger partial charge in [-0.3, -0.25) is 4.79 Å². The van der Waals surface area contributed by atoms with Gasteiger partial charge >= 0.3 is 6.09 Å². The van der Waals surface area contributed by atoms with Gasteiger partial charge < -0.3 is 15.8 Å². The third-order valence-corrected chi connectivity index (χ3v) is 5.00. The van der Waals surface area contributed by atoms with Crippen molar-refractivity contribution in [1.29, 1.82) is 0 Å². The molecular weight excluding hydrogens is 392 g/mol. The molecule has 8 heteroatoms. The second-order valence-corrected chi connectivity index (χ2v) is 8.10. The van der Waals surface area contributed by atoms with Crippen molar-refractivity contribution in [2.24, 2.45) is 5.73 Å². The van der Waals surface area contributed by atoms with Crippen molar-refractivity contribution in [2.75, 3.05) is 18.9 Å². The lowest BCUT2D eigenvalue weighted by atomic mass is 10.2. The van der Waals surface area contributed by atoms with E-state index < -0.39 is 15.9 Å². The van der Waals surface area contributed by atoms with Gasteiger partial charge in [-0.2, -0.15) is 0 Å². The normalized spacial score (nSPS) is 12.3. The Hall–Kier alpha value is -2.09. The predicted molar refractivity (Wildman–Crippen MR) is 123 cm³/mol. The Labute approximate surface area is 179 Å². The predicted octanol–water partition coefficient (Wildman–Crippen LogP) is 4.51. The number of amides is 2. The number of rotatable bonds is 10. The van der Waals surface area contributed by atoms with Gasteiger partial charge in [0.1, 0.15) is 6.61 Å². The standard InChI is InChI=1S/C16H24N2O5S.C3H8.C2H6.2H2/c17-15(19)10-6-3-7-11-18-16(20)23-12-13-24(21,22)14-8-4-1-2-5-9-14;1-3-2;1-2;;/h1-2,4,8-9H,3,5-7,10-13H2,(H2,17,19)(H,18,20);3H2,1-2H3;1-2H3;2*1H. The molecule has 1 aliphatic carbocycles. The van der Waals surface area contributed by atoms with E-state index in [4.69, 9.17) is 10.5 Å². The molecule has 0 radical (unpaired) electrons. The molecule has 0 heterocycles. The number of alkyl carbamates (subject to hydrolysis) is 1. The van der Waals surface area contributed by atoms with E-state index in [1.807, 2.05) is 19.9 Å². The molecule has 0 atom stereocenters. The summed E-state index contributed by atoms with van der Waals surface area (Å²) in [5.41, 5.74) is 5.02. The average molecular weight is 435 g/mol. The number of primary amides is 1. The third-order valence-electron chi connectivity index (χ3n) is 3.28. The van der Waals surface area contributed by atoms with Gasteiger partial charge in [0.15, 0.2) is 9.84 Å². The summed E-state index contributed by atoms with van der Waals surface area (Å²) in [6.45, 7) is 8.46. The van der Waals surface area contributed by atoms with E-state index in [0.29, 0.717) is 32.2 Å². The highest BCUT2D eigenvalue weighted by molar-refractivity contribution is 7.95. The molecule has 0 saturated carbocycles. The lowest BCUT2D eigenvalue weighted by Crippen LogP contribution is -2.27. The van der Waals surface area contributed by atoms with E-state index in [1.54, 1.807) is 18.2 Å². The zero-order chi connectivity index (χ0) is 22.5. The van der Waals surface area contributed by atoms with Crippen LogP contribution in [0.2, 0.25) is 0 Å². The van der Waals surface area contributed by atoms with Crippen LogP contribution in [0.25, 0.3) is 0 Å². The number of carbonyl (C=O) groups excluding carboxylic acids is 2. The Morgan fingerprint density at radius 3 is 2.45 bits per heavy atom. The van der Waals surface area contributed by atoms with Crippen molar-refractivity contribution in [2.45, 2.75) is 66.2 Å². The van der Waals surface area contributed by atoms with Crippen LogP contribution in [-0.2, 0) is 19.4 Å². The maximum Gasteiger partial charge on any atom is 0.407 e. The number of sulfone groups is 1. The van der Waals surface area contributed by atoms with Gasteiger partial charge in [0, 0.05) is 15.8 Å². The minimum atomic E-state index is -3.46. The largest absolute Gasteiger partial charge is 0.448 e. The first-order valence-electron chi connectivity index (χ1n) is 10.3. The zero-order valence-electron chi connectivity index (χ0n) is 18.3. The van der Waals surface area contributed by atoms with E-state index in [9.17, 15) is 18.0 Å². The van der Waals surface area contributed by atoms with Crippen molar-refractivity contribution in [1.82, 2.24) is 5.32 Å². The molecule has 0 aromatic carbocycles. The minimum Gasteiger partial charge on any atom is -0.448 e. The molecular formula is C21H42N2O5S. The number of nitrogens with two attached hydrogens (primary N) is 1. The maximum atomic E-state index is 12.1. The van der Waals surface area contributed by atoms with E-state index in [0.717, 1.165) is 6.42 Å². The fourth-order valence-electron chi connectivity index (χ4n) is 1.99. The first-order valence-corrected chi connectivity index (χ1v) is 11.9. The summed E-state index contributed by atoms with van der Waals surface area (Å²) in [5.74, 6) is -0.590. The summed E-state index contributed by atoms with van der Waals surface area (Å²) < 4.78 is 29.1. The Morgan fingerprint density at radius 1 is 1.17 bits per heavy atom. The topological polar surface area (TPSA) is 116 Å². The van der Waals surface area contributed by atoms with E-state index in [1.165, 1.54) is 12.5 Å². The maximum absolute atomic E-state index is 12.1. The molecule has 0 spiro atoms. The zero-order valence-corrected chi connectivity index (χ0v) is 19.1. The first kappa shape index (κ1) is 29.1. The van der Waals surface area contributed by atoms with E-state index >= 15 is 0 Å². The highest BCUT2D eigenvalue weighted by atomic mass is 32.2. The second kappa shape index (κ2) is 19.2. The van der Waals surface area contributed by atoms with Crippen molar-refractivity contribution in [3.8, 4) is 0 Å². The summed E-state index contributed by atoms with van der Waals surface area (Å²) >= 11 is 0. The summed E-state index contributed by atoms with van der Waals surface area (Å²) in [4.78, 5) is 22.2. The van der Waals surface area contributed by atoms with Gasteiger partial charge in [0.2, 0.25) is 5.91 Å². The monoisotopic (exact) mass is 434 g/mol. The molecule has 172 valence electrons. The Balaban J connectivity index is -0.000000477. The van der Waals surface area contributed by atoms with Crippen LogP contribution in [0.3, 0.4) is 0 Å². The Kier molecular flexibility index (Phi) is 19.3. The van der Waals surface area contributed by atoms with Crippen LogP contribution >= 0.6 is 0 Å². The van der Waals surface area contributed by atoms with Crippen LogP contribution in [0.5, 0.6) is 0 Å². The number of carbonyl (C=O) groups is 2. The van der Waals surface area contributed by atoms with Crippen LogP contribution < -0.4 is 11.1 Å². The van der Waals surface area contributed by atoms with Crippen LogP contribution in [0, 0.1) is 0 Å². The summed E-state index contributed by atoms with van der Waals surface area (Å²) in [7, 11) is -3.46. The lowest BCUT2D eigenvalue weighted by molar-refractivity contribution is -0.118. The summed E-state index contributed by atoms with van der Waals surface area (Å²) in [6.07, 6.45) is 12.1. The Morgan fingerprint density at radius 2 is 1.83 bits per heavy atom. The van der Waals surface area contributed by atoms with Gasteiger partial charge in [-0.05, 0) is 25.3 Å². The summed E-state index contributed by atoms with van der Waals surface area (Å²) in [6, 6.07) is 0. The smallest absolute Gasteiger partial charge is 0.407 e. The number of allylic oxidation sites excluding steroid dienone is 5. The third kappa shape index (κ3) is 17.7. The van der Waals surface area contributed by atoms with Crippen LogP contribution in [-0.4, -0.2) is 39.3 Å². The number of hydrogen-bond donors (Lipinski definition) is 2. The Bertz CT molecular complexity index is 648. The highest BCUT2D eigenvalue weighted by Crippen LogP contribution is 2.13. The molecule has 0 fully saturated rings. The molecule has 1 aliphatic rings. The van der Waals surface area contributed by atoms with Crippen molar-refractivity contribution < 1.29 is 25.6 Å². The number of unbranched alkanes of at least 4 members (excludes halogenated alkanes) is 2. The van der Waals surface area contributed by atoms with Gasteiger partial charge in [0.05, 0.1) is 10.7 Å². The second-order valence-electron chi connectivity index (χ2n) is 6.00.